The van der Waals surface area contributed by atoms with Crippen LogP contribution in [0.2, 0.25) is 0 Å². The van der Waals surface area contributed by atoms with E-state index >= 15 is 0 Å². The molecule has 0 saturated heterocycles. The molecule has 4 nitrogen and oxygen atoms in total. The second kappa shape index (κ2) is 17.5. The molecule has 8 heteroatoms. The van der Waals surface area contributed by atoms with E-state index in [-0.39, 0.29) is 64.5 Å². The summed E-state index contributed by atoms with van der Waals surface area (Å²) in [6.45, 7) is 0. The van der Waals surface area contributed by atoms with E-state index in [0.717, 1.165) is 0 Å². The van der Waals surface area contributed by atoms with Gasteiger partial charge in [0.05, 0.1) is 0 Å². The molecule has 2 N–H and O–H groups in total. The van der Waals surface area contributed by atoms with Crippen LogP contribution in [-0.2, 0) is 9.59 Å². The number of rotatable bonds is 2. The van der Waals surface area contributed by atoms with Crippen molar-refractivity contribution in [1.82, 2.24) is 0 Å². The topological polar surface area (TPSA) is 74.6 Å². The van der Waals surface area contributed by atoms with E-state index in [1.54, 1.807) is 0 Å². The molecule has 0 atom stereocenters. The van der Waals surface area contributed by atoms with Crippen molar-refractivity contribution >= 4 is 76.5 Å². The van der Waals surface area contributed by atoms with Crippen LogP contribution >= 0.6 is 37.2 Å². The largest absolute Gasteiger partial charge is 0.478 e. The van der Waals surface area contributed by atoms with Crippen molar-refractivity contribution in [2.75, 3.05) is 0 Å². The Bertz CT molecular complexity index is 133. The molecular formula is C4H7Cl3O4Pb. The molecule has 0 unspecified atom stereocenters. The van der Waals surface area contributed by atoms with Crippen LogP contribution in [0.25, 0.3) is 0 Å². The zero-order valence-corrected chi connectivity index (χ0v) is 11.9. The Morgan fingerprint density at radius 1 is 0.833 bits per heavy atom. The van der Waals surface area contributed by atoms with Crippen molar-refractivity contribution in [2.24, 2.45) is 0 Å². The van der Waals surface area contributed by atoms with E-state index in [1.807, 2.05) is 0 Å². The second-order valence-corrected chi connectivity index (χ2v) is 1.01. The first-order valence-corrected chi connectivity index (χ1v) is 1.77. The van der Waals surface area contributed by atoms with Crippen LogP contribution in [0.1, 0.15) is 0 Å². The molecule has 4 radical (unpaired) electrons. The first-order valence-electron chi connectivity index (χ1n) is 1.77. The van der Waals surface area contributed by atoms with Crippen molar-refractivity contribution in [3.05, 3.63) is 12.2 Å². The molecule has 0 aliphatic carbocycles. The fraction of sp³-hybridized carbons (Fsp3) is 0. The van der Waals surface area contributed by atoms with Gasteiger partial charge in [0, 0.05) is 39.5 Å². The van der Waals surface area contributed by atoms with Crippen molar-refractivity contribution in [2.45, 2.75) is 0 Å². The molecule has 0 rings (SSSR count). The summed E-state index contributed by atoms with van der Waals surface area (Å²) < 4.78 is 0. The van der Waals surface area contributed by atoms with Gasteiger partial charge in [-0.25, -0.2) is 9.59 Å². The van der Waals surface area contributed by atoms with Crippen molar-refractivity contribution in [3.8, 4) is 0 Å². The predicted molar refractivity (Wildman–Crippen MR) is 51.9 cm³/mol. The number of hydrogen-bond acceptors (Lipinski definition) is 2. The fourth-order valence-corrected chi connectivity index (χ4v) is 0.143. The summed E-state index contributed by atoms with van der Waals surface area (Å²) in [5.41, 5.74) is 0. The van der Waals surface area contributed by atoms with Crippen LogP contribution in [0.15, 0.2) is 12.2 Å². The summed E-state index contributed by atoms with van der Waals surface area (Å²) in [5.74, 6) is -2.51. The molecule has 0 bridgehead atoms. The van der Waals surface area contributed by atoms with E-state index in [2.05, 4.69) is 0 Å². The zero-order valence-electron chi connectivity index (χ0n) is 5.59. The molecule has 0 aromatic rings. The van der Waals surface area contributed by atoms with Gasteiger partial charge >= 0.3 is 11.9 Å². The van der Waals surface area contributed by atoms with E-state index in [4.69, 9.17) is 10.2 Å². The number of hydrogen-bond donors (Lipinski definition) is 2. The van der Waals surface area contributed by atoms with Crippen molar-refractivity contribution in [1.29, 1.82) is 0 Å². The summed E-state index contributed by atoms with van der Waals surface area (Å²) in [7, 11) is 0. The van der Waals surface area contributed by atoms with Gasteiger partial charge in [0.2, 0.25) is 0 Å². The van der Waals surface area contributed by atoms with Crippen LogP contribution in [0.3, 0.4) is 0 Å². The summed E-state index contributed by atoms with van der Waals surface area (Å²) in [5, 5.41) is 15.6. The van der Waals surface area contributed by atoms with E-state index in [1.165, 1.54) is 0 Å². The molecular weight excluding hydrogens is 426 g/mol. The fourth-order valence-electron chi connectivity index (χ4n) is 0.143. The van der Waals surface area contributed by atoms with E-state index in [0.29, 0.717) is 12.2 Å². The van der Waals surface area contributed by atoms with Gasteiger partial charge in [0.15, 0.2) is 0 Å². The van der Waals surface area contributed by atoms with Gasteiger partial charge < -0.3 is 10.2 Å². The Morgan fingerprint density at radius 2 is 1.00 bits per heavy atom. The molecule has 0 aromatic carbocycles. The number of halogens is 3. The Balaban J connectivity index is -0.0000000408. The first-order chi connectivity index (χ1) is 3.63. The number of carboxylic acid groups (broad SMARTS) is 2. The minimum Gasteiger partial charge on any atom is -0.478 e. The number of carboxylic acids is 2. The first kappa shape index (κ1) is 29.4. The quantitative estimate of drug-likeness (QED) is 0.495. The number of aliphatic carboxylic acids is 2. The molecule has 0 heterocycles. The van der Waals surface area contributed by atoms with Gasteiger partial charge in [0.25, 0.3) is 0 Å². The Kier molecular flexibility index (Phi) is 42.9. The Labute approximate surface area is 108 Å². The summed E-state index contributed by atoms with van der Waals surface area (Å²) in [6.07, 6.45) is 1.12. The molecule has 0 fully saturated rings. The maximum atomic E-state index is 9.55. The SMILES string of the molecule is Cl.Cl.Cl.O=C(O)C=CC(=O)O.[Pb]. The normalized spacial score (nSPS) is 6.33. The molecule has 0 aliphatic heterocycles. The average Bonchev–Trinajstić information content (AvgIpc) is 1.61. The molecule has 0 spiro atoms. The monoisotopic (exact) mass is 432 g/mol. The predicted octanol–water partition coefficient (Wildman–Crippen LogP) is 0.596. The maximum absolute atomic E-state index is 9.55. The van der Waals surface area contributed by atoms with Crippen LogP contribution < -0.4 is 0 Å². The summed E-state index contributed by atoms with van der Waals surface area (Å²) in [6, 6.07) is 0. The van der Waals surface area contributed by atoms with Gasteiger partial charge in [-0.2, -0.15) is 0 Å². The zero-order chi connectivity index (χ0) is 6.57. The third-order valence-corrected chi connectivity index (χ3v) is 0.368. The third kappa shape index (κ3) is 31.4. The van der Waals surface area contributed by atoms with Crippen LogP contribution in [-0.4, -0.2) is 49.5 Å². The van der Waals surface area contributed by atoms with Crippen LogP contribution in [0.4, 0.5) is 0 Å². The smallest absolute Gasteiger partial charge is 0.328 e. The van der Waals surface area contributed by atoms with Gasteiger partial charge in [-0.15, -0.1) is 37.2 Å². The minimum atomic E-state index is -1.26. The van der Waals surface area contributed by atoms with Crippen molar-refractivity contribution in [3.63, 3.8) is 0 Å². The minimum absolute atomic E-state index is 0. The van der Waals surface area contributed by atoms with Gasteiger partial charge in [-0.1, -0.05) is 0 Å². The molecule has 12 heavy (non-hydrogen) atoms. The standard InChI is InChI=1S/C4H4O4.3ClH.Pb/c5-3(6)1-2-4(7)8;;;;/h1-2H,(H,5,6)(H,7,8);3*1H;. The van der Waals surface area contributed by atoms with E-state index in [9.17, 15) is 9.59 Å². The molecule has 0 amide bonds. The Morgan fingerprint density at radius 3 is 1.08 bits per heavy atom. The van der Waals surface area contributed by atoms with Crippen molar-refractivity contribution < 1.29 is 19.8 Å². The molecule has 72 valence electrons. The van der Waals surface area contributed by atoms with Gasteiger partial charge in [0.1, 0.15) is 0 Å². The van der Waals surface area contributed by atoms with Crippen LogP contribution in [0, 0.1) is 0 Å². The third-order valence-electron chi connectivity index (χ3n) is 0.368. The van der Waals surface area contributed by atoms with Gasteiger partial charge in [-0.3, -0.25) is 0 Å². The average molecular weight is 433 g/mol. The van der Waals surface area contributed by atoms with Crippen LogP contribution in [0.5, 0.6) is 0 Å². The maximum Gasteiger partial charge on any atom is 0.328 e. The molecule has 0 aromatic heterocycles. The second-order valence-electron chi connectivity index (χ2n) is 1.01. The number of carbonyl (C=O) groups is 2. The van der Waals surface area contributed by atoms with E-state index < -0.39 is 11.9 Å². The van der Waals surface area contributed by atoms with Gasteiger partial charge in [-0.05, 0) is 0 Å². The Hall–Kier alpha value is 0.472. The summed E-state index contributed by atoms with van der Waals surface area (Å²) in [4.78, 5) is 19.1. The molecule has 0 aliphatic rings. The molecule has 0 saturated carbocycles. The summed E-state index contributed by atoms with van der Waals surface area (Å²) >= 11 is 0.